The first-order valence-corrected chi connectivity index (χ1v) is 7.85. The van der Waals surface area contributed by atoms with Crippen LogP contribution in [-0.4, -0.2) is 57.5 Å². The quantitative estimate of drug-likeness (QED) is 0.915. The highest BCUT2D eigenvalue weighted by Crippen LogP contribution is 2.24. The van der Waals surface area contributed by atoms with Crippen LogP contribution in [0.4, 0.5) is 0 Å². The number of rotatable bonds is 3. The van der Waals surface area contributed by atoms with Gasteiger partial charge in [-0.1, -0.05) is 13.8 Å². The van der Waals surface area contributed by atoms with Crippen molar-refractivity contribution in [1.82, 2.24) is 14.7 Å². The molecule has 0 spiro atoms. The van der Waals surface area contributed by atoms with Gasteiger partial charge in [0.05, 0.1) is 18.7 Å². The lowest BCUT2D eigenvalue weighted by Crippen LogP contribution is -2.48. The van der Waals surface area contributed by atoms with Gasteiger partial charge in [0.25, 0.3) is 5.91 Å². The summed E-state index contributed by atoms with van der Waals surface area (Å²) in [6.45, 7) is 10.9. The van der Waals surface area contributed by atoms with Gasteiger partial charge in [-0.05, 0) is 32.8 Å². The van der Waals surface area contributed by atoms with Crippen LogP contribution in [0.1, 0.15) is 56.7 Å². The minimum absolute atomic E-state index is 0.0492. The van der Waals surface area contributed by atoms with Crippen LogP contribution in [0.15, 0.2) is 6.07 Å². The average Bonchev–Trinajstić information content (AvgIpc) is 2.92. The van der Waals surface area contributed by atoms with Crippen molar-refractivity contribution < 1.29 is 19.4 Å². The Morgan fingerprint density at radius 2 is 2.04 bits per heavy atom. The summed E-state index contributed by atoms with van der Waals surface area (Å²) in [6.07, 6.45) is -0.970. The second kappa shape index (κ2) is 6.31. The number of carboxylic acids is 1. The standard InChI is InChI=1S/C16H25N3O4/c1-10(2)12-8-11(17-19(12)16(3,4)5)14(20)18-6-7-23-13(9-18)15(21)22/h8,10,13H,6-7,9H2,1-5H3,(H,21,22)/t13-/m1/s1. The van der Waals surface area contributed by atoms with Crippen LogP contribution in [-0.2, 0) is 15.1 Å². The number of hydrogen-bond acceptors (Lipinski definition) is 4. The van der Waals surface area contributed by atoms with E-state index in [1.54, 1.807) is 0 Å². The minimum Gasteiger partial charge on any atom is -0.479 e. The summed E-state index contributed by atoms with van der Waals surface area (Å²) in [5.74, 6) is -1.06. The average molecular weight is 323 g/mol. The zero-order valence-corrected chi connectivity index (χ0v) is 14.4. The monoisotopic (exact) mass is 323 g/mol. The number of aromatic nitrogens is 2. The Morgan fingerprint density at radius 3 is 2.52 bits per heavy atom. The fourth-order valence-electron chi connectivity index (χ4n) is 2.59. The molecule has 0 aromatic carbocycles. The maximum absolute atomic E-state index is 12.7. The highest BCUT2D eigenvalue weighted by Gasteiger charge is 2.32. The topological polar surface area (TPSA) is 84.7 Å². The van der Waals surface area contributed by atoms with Gasteiger partial charge in [0, 0.05) is 12.2 Å². The fourth-order valence-corrected chi connectivity index (χ4v) is 2.59. The van der Waals surface area contributed by atoms with Gasteiger partial charge in [-0.3, -0.25) is 9.48 Å². The van der Waals surface area contributed by atoms with Gasteiger partial charge >= 0.3 is 5.97 Å². The molecule has 1 fully saturated rings. The second-order valence-corrected chi connectivity index (χ2v) is 7.14. The van der Waals surface area contributed by atoms with Gasteiger partial charge in [-0.25, -0.2) is 4.79 Å². The molecule has 128 valence electrons. The Bertz CT molecular complexity index is 601. The van der Waals surface area contributed by atoms with Crippen LogP contribution in [0.3, 0.4) is 0 Å². The molecule has 1 atom stereocenters. The third-order valence-electron chi connectivity index (χ3n) is 3.81. The van der Waals surface area contributed by atoms with Crippen molar-refractivity contribution in [2.24, 2.45) is 0 Å². The fraction of sp³-hybridized carbons (Fsp3) is 0.688. The highest BCUT2D eigenvalue weighted by molar-refractivity contribution is 5.93. The van der Waals surface area contributed by atoms with Crippen molar-refractivity contribution in [3.63, 3.8) is 0 Å². The summed E-state index contributed by atoms with van der Waals surface area (Å²) in [6, 6.07) is 1.81. The van der Waals surface area contributed by atoms with E-state index in [0.717, 1.165) is 5.69 Å². The number of morpholine rings is 1. The molecule has 1 amide bonds. The number of hydrogen-bond donors (Lipinski definition) is 1. The second-order valence-electron chi connectivity index (χ2n) is 7.14. The molecule has 2 heterocycles. The molecule has 0 unspecified atom stereocenters. The van der Waals surface area contributed by atoms with E-state index in [4.69, 9.17) is 9.84 Å². The smallest absolute Gasteiger partial charge is 0.334 e. The predicted octanol–water partition coefficient (Wildman–Crippen LogP) is 1.69. The number of carbonyl (C=O) groups excluding carboxylic acids is 1. The maximum atomic E-state index is 12.7. The molecule has 7 heteroatoms. The number of aliphatic carboxylic acids is 1. The summed E-state index contributed by atoms with van der Waals surface area (Å²) in [4.78, 5) is 25.2. The number of carbonyl (C=O) groups is 2. The number of carboxylic acid groups (broad SMARTS) is 1. The molecule has 0 saturated carbocycles. The number of amides is 1. The molecule has 0 radical (unpaired) electrons. The van der Waals surface area contributed by atoms with Crippen LogP contribution in [0.5, 0.6) is 0 Å². The zero-order chi connectivity index (χ0) is 17.4. The van der Waals surface area contributed by atoms with Gasteiger partial charge in [0.1, 0.15) is 0 Å². The summed E-state index contributed by atoms with van der Waals surface area (Å²) >= 11 is 0. The molecule has 1 aromatic heterocycles. The van der Waals surface area contributed by atoms with E-state index in [1.165, 1.54) is 4.90 Å². The SMILES string of the molecule is CC(C)c1cc(C(=O)N2CCO[C@@H](C(=O)O)C2)nn1C(C)(C)C. The van der Waals surface area contributed by atoms with Crippen LogP contribution in [0.2, 0.25) is 0 Å². The molecule has 2 rings (SSSR count). The van der Waals surface area contributed by atoms with Crippen molar-refractivity contribution in [3.8, 4) is 0 Å². The number of ether oxygens (including phenoxy) is 1. The molecule has 1 aromatic rings. The lowest BCUT2D eigenvalue weighted by Gasteiger charge is -2.30. The third-order valence-corrected chi connectivity index (χ3v) is 3.81. The van der Waals surface area contributed by atoms with Crippen LogP contribution < -0.4 is 0 Å². The van der Waals surface area contributed by atoms with Crippen molar-refractivity contribution in [3.05, 3.63) is 17.5 Å². The van der Waals surface area contributed by atoms with Gasteiger partial charge in [0.2, 0.25) is 0 Å². The van der Waals surface area contributed by atoms with E-state index >= 15 is 0 Å². The van der Waals surface area contributed by atoms with E-state index in [0.29, 0.717) is 12.2 Å². The lowest BCUT2D eigenvalue weighted by atomic mass is 10.1. The van der Waals surface area contributed by atoms with Crippen LogP contribution >= 0.6 is 0 Å². The van der Waals surface area contributed by atoms with E-state index in [9.17, 15) is 9.59 Å². The first-order valence-electron chi connectivity index (χ1n) is 7.85. The van der Waals surface area contributed by atoms with Gasteiger partial charge < -0.3 is 14.7 Å². The highest BCUT2D eigenvalue weighted by atomic mass is 16.5. The molecule has 23 heavy (non-hydrogen) atoms. The zero-order valence-electron chi connectivity index (χ0n) is 14.4. The minimum atomic E-state index is -1.05. The Labute approximate surface area is 136 Å². The first-order chi connectivity index (χ1) is 10.6. The molecular formula is C16H25N3O4. The van der Waals surface area contributed by atoms with Crippen molar-refractivity contribution in [1.29, 1.82) is 0 Å². The summed E-state index contributed by atoms with van der Waals surface area (Å²) in [7, 11) is 0. The van der Waals surface area contributed by atoms with Crippen molar-refractivity contribution >= 4 is 11.9 Å². The largest absolute Gasteiger partial charge is 0.479 e. The summed E-state index contributed by atoms with van der Waals surface area (Å²) in [5, 5.41) is 13.5. The Morgan fingerprint density at radius 1 is 1.39 bits per heavy atom. The summed E-state index contributed by atoms with van der Waals surface area (Å²) in [5.41, 5.74) is 1.12. The van der Waals surface area contributed by atoms with Gasteiger partial charge in [-0.15, -0.1) is 0 Å². The molecular weight excluding hydrogens is 298 g/mol. The molecule has 1 N–H and O–H groups in total. The maximum Gasteiger partial charge on any atom is 0.334 e. The predicted molar refractivity (Wildman–Crippen MR) is 84.6 cm³/mol. The third kappa shape index (κ3) is 3.72. The van der Waals surface area contributed by atoms with Gasteiger partial charge in [0.15, 0.2) is 11.8 Å². The molecule has 7 nitrogen and oxygen atoms in total. The van der Waals surface area contributed by atoms with Crippen molar-refractivity contribution in [2.45, 2.75) is 52.2 Å². The molecule has 1 saturated heterocycles. The van der Waals surface area contributed by atoms with E-state index < -0.39 is 12.1 Å². The Hall–Kier alpha value is -1.89. The molecule has 1 aliphatic rings. The van der Waals surface area contributed by atoms with E-state index in [-0.39, 0.29) is 30.5 Å². The molecule has 0 bridgehead atoms. The molecule has 0 aliphatic carbocycles. The summed E-state index contributed by atoms with van der Waals surface area (Å²) < 4.78 is 7.03. The van der Waals surface area contributed by atoms with Crippen LogP contribution in [0, 0.1) is 0 Å². The number of nitrogens with zero attached hydrogens (tertiary/aromatic N) is 3. The lowest BCUT2D eigenvalue weighted by molar-refractivity contribution is -0.154. The first kappa shape index (κ1) is 17.5. The van der Waals surface area contributed by atoms with E-state index in [1.807, 2.05) is 31.5 Å². The van der Waals surface area contributed by atoms with Gasteiger partial charge in [-0.2, -0.15) is 5.10 Å². The Kier molecular flexibility index (Phi) is 4.79. The van der Waals surface area contributed by atoms with E-state index in [2.05, 4.69) is 18.9 Å². The molecule has 1 aliphatic heterocycles. The normalized spacial score (nSPS) is 19.2. The van der Waals surface area contributed by atoms with Crippen LogP contribution in [0.25, 0.3) is 0 Å². The Balaban J connectivity index is 2.27. The van der Waals surface area contributed by atoms with Crippen molar-refractivity contribution in [2.75, 3.05) is 19.7 Å².